The van der Waals surface area contributed by atoms with Crippen molar-refractivity contribution in [1.29, 1.82) is 0 Å². The largest absolute Gasteiger partial charge is 0.363 e. The van der Waals surface area contributed by atoms with Crippen molar-refractivity contribution >= 4 is 34.1 Å². The van der Waals surface area contributed by atoms with Crippen molar-refractivity contribution < 1.29 is 9.59 Å². The molecule has 0 aliphatic carbocycles. The number of anilines is 2. The van der Waals surface area contributed by atoms with Gasteiger partial charge in [-0.25, -0.2) is 15.8 Å². The van der Waals surface area contributed by atoms with Gasteiger partial charge in [0.05, 0.1) is 11.7 Å². The Balaban J connectivity index is 1.86. The molecule has 8 heteroatoms. The van der Waals surface area contributed by atoms with Crippen molar-refractivity contribution in [1.82, 2.24) is 15.0 Å². The van der Waals surface area contributed by atoms with Gasteiger partial charge in [0.2, 0.25) is 0 Å². The SMILES string of the molecule is CC(=O)c1cnc2ccc(CNc3nc(C(C)=O)cnc3NN)cc2c1. The second kappa shape index (κ2) is 7.24. The van der Waals surface area contributed by atoms with E-state index in [1.165, 1.54) is 20.0 Å². The zero-order chi connectivity index (χ0) is 18.7. The first-order valence-corrected chi connectivity index (χ1v) is 7.96. The number of Topliss-reactive ketones (excluding diaryl/α,β-unsaturated/α-hetero) is 2. The van der Waals surface area contributed by atoms with Crippen molar-refractivity contribution in [3.05, 3.63) is 53.5 Å². The molecule has 0 saturated heterocycles. The number of nitrogens with zero attached hydrogens (tertiary/aromatic N) is 3. The van der Waals surface area contributed by atoms with Gasteiger partial charge < -0.3 is 10.7 Å². The fraction of sp³-hybridized carbons (Fsp3) is 0.167. The van der Waals surface area contributed by atoms with Gasteiger partial charge in [0.25, 0.3) is 0 Å². The lowest BCUT2D eigenvalue weighted by Gasteiger charge is -2.11. The summed E-state index contributed by atoms with van der Waals surface area (Å²) in [7, 11) is 0. The number of nitrogen functional groups attached to an aromatic ring is 1. The third kappa shape index (κ3) is 3.65. The van der Waals surface area contributed by atoms with Gasteiger partial charge in [-0.15, -0.1) is 0 Å². The van der Waals surface area contributed by atoms with Crippen LogP contribution in [0.3, 0.4) is 0 Å². The molecular formula is C18H18N6O2. The van der Waals surface area contributed by atoms with Crippen molar-refractivity contribution in [3.63, 3.8) is 0 Å². The second-order valence-corrected chi connectivity index (χ2v) is 5.81. The topological polar surface area (TPSA) is 123 Å². The second-order valence-electron chi connectivity index (χ2n) is 5.81. The Morgan fingerprint density at radius 1 is 1.04 bits per heavy atom. The Bertz CT molecular complexity index is 1000. The highest BCUT2D eigenvalue weighted by molar-refractivity contribution is 5.97. The van der Waals surface area contributed by atoms with Crippen LogP contribution in [-0.2, 0) is 6.54 Å². The summed E-state index contributed by atoms with van der Waals surface area (Å²) in [6.07, 6.45) is 2.94. The Labute approximate surface area is 149 Å². The number of hydrogen-bond acceptors (Lipinski definition) is 8. The van der Waals surface area contributed by atoms with E-state index in [1.807, 2.05) is 24.3 Å². The predicted molar refractivity (Wildman–Crippen MR) is 98.9 cm³/mol. The first kappa shape index (κ1) is 17.4. The number of hydrogen-bond donors (Lipinski definition) is 3. The molecule has 0 atom stereocenters. The van der Waals surface area contributed by atoms with E-state index in [1.54, 1.807) is 6.20 Å². The number of fused-ring (bicyclic) bond motifs is 1. The van der Waals surface area contributed by atoms with Crippen LogP contribution < -0.4 is 16.6 Å². The molecule has 3 rings (SSSR count). The summed E-state index contributed by atoms with van der Waals surface area (Å²) < 4.78 is 0. The van der Waals surface area contributed by atoms with E-state index in [-0.39, 0.29) is 17.3 Å². The van der Waals surface area contributed by atoms with Crippen LogP contribution in [0.5, 0.6) is 0 Å². The number of nitrogens with two attached hydrogens (primary N) is 1. The molecule has 0 unspecified atom stereocenters. The quantitative estimate of drug-likeness (QED) is 0.352. The van der Waals surface area contributed by atoms with Crippen LogP contribution in [0.2, 0.25) is 0 Å². The van der Waals surface area contributed by atoms with E-state index in [4.69, 9.17) is 5.84 Å². The number of carbonyl (C=O) groups excluding carboxylic acids is 2. The molecule has 2 aromatic heterocycles. The van der Waals surface area contributed by atoms with E-state index in [9.17, 15) is 9.59 Å². The average molecular weight is 350 g/mol. The number of hydrazine groups is 1. The van der Waals surface area contributed by atoms with Gasteiger partial charge in [-0.2, -0.15) is 0 Å². The van der Waals surface area contributed by atoms with Gasteiger partial charge >= 0.3 is 0 Å². The lowest BCUT2D eigenvalue weighted by molar-refractivity contribution is 0.100. The van der Waals surface area contributed by atoms with E-state index < -0.39 is 0 Å². The van der Waals surface area contributed by atoms with Crippen LogP contribution in [0.15, 0.2) is 36.7 Å². The molecule has 26 heavy (non-hydrogen) atoms. The average Bonchev–Trinajstić information content (AvgIpc) is 2.65. The van der Waals surface area contributed by atoms with Gasteiger partial charge in [0, 0.05) is 30.6 Å². The Morgan fingerprint density at radius 2 is 1.85 bits per heavy atom. The summed E-state index contributed by atoms with van der Waals surface area (Å²) in [5.41, 5.74) is 5.03. The molecule has 0 amide bonds. The summed E-state index contributed by atoms with van der Waals surface area (Å²) in [6, 6.07) is 7.57. The predicted octanol–water partition coefficient (Wildman–Crippen LogP) is 2.33. The Kier molecular flexibility index (Phi) is 4.85. The van der Waals surface area contributed by atoms with Crippen LogP contribution >= 0.6 is 0 Å². The number of benzene rings is 1. The minimum atomic E-state index is -0.183. The number of carbonyl (C=O) groups is 2. The number of pyridine rings is 1. The fourth-order valence-corrected chi connectivity index (χ4v) is 2.46. The molecule has 132 valence electrons. The molecule has 0 saturated carbocycles. The van der Waals surface area contributed by atoms with Crippen LogP contribution in [0.1, 0.15) is 40.3 Å². The Hall–Kier alpha value is -3.39. The summed E-state index contributed by atoms with van der Waals surface area (Å²) in [5.74, 6) is 5.96. The van der Waals surface area contributed by atoms with E-state index in [0.29, 0.717) is 23.7 Å². The van der Waals surface area contributed by atoms with Crippen molar-refractivity contribution in [2.24, 2.45) is 5.84 Å². The summed E-state index contributed by atoms with van der Waals surface area (Å²) >= 11 is 0. The van der Waals surface area contributed by atoms with Crippen LogP contribution in [0, 0.1) is 0 Å². The monoisotopic (exact) mass is 350 g/mol. The lowest BCUT2D eigenvalue weighted by atomic mass is 10.1. The number of nitrogens with one attached hydrogen (secondary N) is 2. The van der Waals surface area contributed by atoms with Gasteiger partial charge in [0.1, 0.15) is 5.69 Å². The molecule has 2 heterocycles. The van der Waals surface area contributed by atoms with Gasteiger partial charge in [-0.05, 0) is 30.7 Å². The Morgan fingerprint density at radius 3 is 2.54 bits per heavy atom. The molecule has 1 aromatic carbocycles. The molecular weight excluding hydrogens is 332 g/mol. The van der Waals surface area contributed by atoms with Crippen LogP contribution in [0.25, 0.3) is 10.9 Å². The van der Waals surface area contributed by atoms with Crippen molar-refractivity contribution in [2.75, 3.05) is 10.7 Å². The molecule has 8 nitrogen and oxygen atoms in total. The first-order chi connectivity index (χ1) is 12.5. The maximum absolute atomic E-state index is 11.5. The lowest BCUT2D eigenvalue weighted by Crippen LogP contribution is -2.15. The molecule has 4 N–H and O–H groups in total. The number of rotatable bonds is 6. The van der Waals surface area contributed by atoms with Crippen molar-refractivity contribution in [3.8, 4) is 0 Å². The van der Waals surface area contributed by atoms with E-state index in [0.717, 1.165) is 16.5 Å². The smallest absolute Gasteiger partial charge is 0.183 e. The highest BCUT2D eigenvalue weighted by atomic mass is 16.1. The number of aromatic nitrogens is 3. The highest BCUT2D eigenvalue weighted by Gasteiger charge is 2.10. The first-order valence-electron chi connectivity index (χ1n) is 7.96. The minimum Gasteiger partial charge on any atom is -0.363 e. The van der Waals surface area contributed by atoms with Crippen molar-refractivity contribution in [2.45, 2.75) is 20.4 Å². The third-order valence-electron chi connectivity index (χ3n) is 3.88. The fourth-order valence-electron chi connectivity index (χ4n) is 2.46. The maximum Gasteiger partial charge on any atom is 0.183 e. The minimum absolute atomic E-state index is 0.0297. The van der Waals surface area contributed by atoms with E-state index >= 15 is 0 Å². The highest BCUT2D eigenvalue weighted by Crippen LogP contribution is 2.19. The van der Waals surface area contributed by atoms with Gasteiger partial charge in [0.15, 0.2) is 23.2 Å². The molecule has 0 fully saturated rings. The molecule has 0 aliphatic rings. The summed E-state index contributed by atoms with van der Waals surface area (Å²) in [4.78, 5) is 35.6. The van der Waals surface area contributed by atoms with Crippen LogP contribution in [0.4, 0.5) is 11.6 Å². The molecule has 0 radical (unpaired) electrons. The molecule has 3 aromatic rings. The van der Waals surface area contributed by atoms with E-state index in [2.05, 4.69) is 25.7 Å². The maximum atomic E-state index is 11.5. The van der Waals surface area contributed by atoms with Crippen LogP contribution in [-0.4, -0.2) is 26.5 Å². The van der Waals surface area contributed by atoms with Gasteiger partial charge in [-0.3, -0.25) is 14.6 Å². The molecule has 0 bridgehead atoms. The normalized spacial score (nSPS) is 10.6. The third-order valence-corrected chi connectivity index (χ3v) is 3.88. The zero-order valence-electron chi connectivity index (χ0n) is 14.4. The summed E-state index contributed by atoms with van der Waals surface area (Å²) in [5, 5.41) is 4.00. The zero-order valence-corrected chi connectivity index (χ0v) is 14.4. The summed E-state index contributed by atoms with van der Waals surface area (Å²) in [6.45, 7) is 3.37. The standard InChI is InChI=1S/C18H18N6O2/c1-10(25)14-6-13-5-12(3-4-15(13)20-8-14)7-21-17-18(24-19)22-9-16(23-17)11(2)26/h3-6,8-9H,7,19H2,1-2H3,(H,21,23)(H,22,24). The van der Waals surface area contributed by atoms with Gasteiger partial charge in [-0.1, -0.05) is 6.07 Å². The molecule has 0 spiro atoms. The number of ketones is 2. The molecule has 0 aliphatic heterocycles.